The van der Waals surface area contributed by atoms with Crippen LogP contribution < -0.4 is 10.6 Å². The second-order valence-corrected chi connectivity index (χ2v) is 3.61. The lowest BCUT2D eigenvalue weighted by atomic mass is 10.2. The minimum Gasteiger partial charge on any atom is -0.366 e. The van der Waals surface area contributed by atoms with Crippen LogP contribution in [-0.4, -0.2) is 9.97 Å². The van der Waals surface area contributed by atoms with E-state index in [0.717, 1.165) is 18.2 Å². The molecule has 96 valence electrons. The first kappa shape index (κ1) is 12.7. The SMILES string of the molecule is N#CNc1cc(NCc2cc(F)ccc2F)ncn1. The highest BCUT2D eigenvalue weighted by Crippen LogP contribution is 2.13. The van der Waals surface area contributed by atoms with Gasteiger partial charge in [-0.2, -0.15) is 5.26 Å². The molecule has 2 aromatic rings. The molecule has 0 amide bonds. The van der Waals surface area contributed by atoms with Crippen molar-refractivity contribution in [3.63, 3.8) is 0 Å². The van der Waals surface area contributed by atoms with Crippen molar-refractivity contribution in [1.82, 2.24) is 9.97 Å². The van der Waals surface area contributed by atoms with E-state index in [-0.39, 0.29) is 12.1 Å². The number of benzene rings is 1. The predicted octanol–water partition coefficient (Wildman–Crippen LogP) is 2.26. The highest BCUT2D eigenvalue weighted by molar-refractivity contribution is 5.48. The third kappa shape index (κ3) is 3.35. The van der Waals surface area contributed by atoms with Gasteiger partial charge < -0.3 is 5.32 Å². The van der Waals surface area contributed by atoms with E-state index in [1.54, 1.807) is 6.19 Å². The molecule has 0 aliphatic rings. The van der Waals surface area contributed by atoms with Crippen molar-refractivity contribution in [1.29, 1.82) is 5.26 Å². The van der Waals surface area contributed by atoms with Crippen LogP contribution in [-0.2, 0) is 6.54 Å². The van der Waals surface area contributed by atoms with Crippen LogP contribution in [0.25, 0.3) is 0 Å². The molecular formula is C12H9F2N5. The number of nitrogens with zero attached hydrogens (tertiary/aromatic N) is 3. The van der Waals surface area contributed by atoms with Gasteiger partial charge in [0.15, 0.2) is 6.19 Å². The Hall–Kier alpha value is -2.75. The zero-order valence-electron chi connectivity index (χ0n) is 9.69. The molecule has 1 aromatic heterocycles. The monoisotopic (exact) mass is 261 g/mol. The Morgan fingerprint density at radius 1 is 1.16 bits per heavy atom. The Morgan fingerprint density at radius 3 is 2.74 bits per heavy atom. The summed E-state index contributed by atoms with van der Waals surface area (Å²) in [4.78, 5) is 7.70. The fourth-order valence-corrected chi connectivity index (χ4v) is 1.44. The lowest BCUT2D eigenvalue weighted by Gasteiger charge is -2.07. The molecule has 0 spiro atoms. The standard InChI is InChI=1S/C12H9F2N5/c13-9-1-2-10(14)8(3-9)5-16-11-4-12(17-6-15)19-7-18-11/h1-4,7H,5H2,(H2,16,17,18,19). The van der Waals surface area contributed by atoms with Crippen molar-refractivity contribution in [3.8, 4) is 6.19 Å². The van der Waals surface area contributed by atoms with Crippen LogP contribution in [0.2, 0.25) is 0 Å². The number of hydrogen-bond donors (Lipinski definition) is 2. The molecule has 0 bridgehead atoms. The lowest BCUT2D eigenvalue weighted by Crippen LogP contribution is -2.05. The van der Waals surface area contributed by atoms with Crippen molar-refractivity contribution in [3.05, 3.63) is 47.8 Å². The molecule has 2 N–H and O–H groups in total. The van der Waals surface area contributed by atoms with Crippen LogP contribution in [0, 0.1) is 23.1 Å². The minimum absolute atomic E-state index is 0.0760. The second-order valence-electron chi connectivity index (χ2n) is 3.61. The quantitative estimate of drug-likeness (QED) is 0.652. The van der Waals surface area contributed by atoms with Crippen molar-refractivity contribution in [2.45, 2.75) is 6.54 Å². The molecule has 0 fully saturated rings. The zero-order valence-corrected chi connectivity index (χ0v) is 9.69. The Balaban J connectivity index is 2.08. The summed E-state index contributed by atoms with van der Waals surface area (Å²) in [5.41, 5.74) is 0.188. The van der Waals surface area contributed by atoms with E-state index in [2.05, 4.69) is 20.6 Å². The van der Waals surface area contributed by atoms with Gasteiger partial charge in [-0.3, -0.25) is 5.32 Å². The maximum Gasteiger partial charge on any atom is 0.182 e. The van der Waals surface area contributed by atoms with Crippen molar-refractivity contribution in [2.24, 2.45) is 0 Å². The number of hydrogen-bond acceptors (Lipinski definition) is 5. The summed E-state index contributed by atoms with van der Waals surface area (Å²) in [6.45, 7) is 0.0760. The molecule has 0 aliphatic heterocycles. The van der Waals surface area contributed by atoms with Crippen LogP contribution in [0.15, 0.2) is 30.6 Å². The van der Waals surface area contributed by atoms with Crippen LogP contribution in [0.1, 0.15) is 5.56 Å². The van der Waals surface area contributed by atoms with E-state index in [1.807, 2.05) is 0 Å². The molecule has 19 heavy (non-hydrogen) atoms. The summed E-state index contributed by atoms with van der Waals surface area (Å²) in [6.07, 6.45) is 2.98. The summed E-state index contributed by atoms with van der Waals surface area (Å²) in [5.74, 6) is -0.290. The number of rotatable bonds is 4. The summed E-state index contributed by atoms with van der Waals surface area (Å²) in [5, 5.41) is 13.6. The van der Waals surface area contributed by atoms with Crippen LogP contribution in [0.3, 0.4) is 0 Å². The number of anilines is 2. The maximum absolute atomic E-state index is 13.4. The van der Waals surface area contributed by atoms with Gasteiger partial charge in [-0.1, -0.05) is 0 Å². The molecule has 1 heterocycles. The van der Waals surface area contributed by atoms with E-state index in [4.69, 9.17) is 5.26 Å². The minimum atomic E-state index is -0.507. The summed E-state index contributed by atoms with van der Waals surface area (Å²) in [6, 6.07) is 4.71. The van der Waals surface area contributed by atoms with Gasteiger partial charge in [0.2, 0.25) is 0 Å². The van der Waals surface area contributed by atoms with Gasteiger partial charge in [-0.15, -0.1) is 0 Å². The third-order valence-electron chi connectivity index (χ3n) is 2.32. The van der Waals surface area contributed by atoms with Gasteiger partial charge in [0, 0.05) is 18.2 Å². The fraction of sp³-hybridized carbons (Fsp3) is 0.0833. The number of aromatic nitrogens is 2. The van der Waals surface area contributed by atoms with Crippen molar-refractivity contribution >= 4 is 11.6 Å². The van der Waals surface area contributed by atoms with Gasteiger partial charge in [0.25, 0.3) is 0 Å². The molecule has 5 nitrogen and oxygen atoms in total. The van der Waals surface area contributed by atoms with Crippen LogP contribution in [0.5, 0.6) is 0 Å². The Kier molecular flexibility index (Phi) is 3.83. The number of nitriles is 1. The molecule has 0 saturated heterocycles. The Bertz CT molecular complexity index is 624. The molecule has 0 atom stereocenters. The molecule has 7 heteroatoms. The van der Waals surface area contributed by atoms with Gasteiger partial charge in [0.05, 0.1) is 0 Å². The molecule has 2 rings (SSSR count). The van der Waals surface area contributed by atoms with Crippen LogP contribution in [0.4, 0.5) is 20.4 Å². The van der Waals surface area contributed by atoms with E-state index in [9.17, 15) is 8.78 Å². The first-order valence-corrected chi connectivity index (χ1v) is 5.34. The van der Waals surface area contributed by atoms with Gasteiger partial charge in [0.1, 0.15) is 29.6 Å². The van der Waals surface area contributed by atoms with Gasteiger partial charge in [-0.25, -0.2) is 18.7 Å². The lowest BCUT2D eigenvalue weighted by molar-refractivity contribution is 0.587. The topological polar surface area (TPSA) is 73.6 Å². The predicted molar refractivity (Wildman–Crippen MR) is 65.0 cm³/mol. The summed E-state index contributed by atoms with van der Waals surface area (Å²) in [7, 11) is 0. The third-order valence-corrected chi connectivity index (χ3v) is 2.32. The molecule has 0 radical (unpaired) electrons. The molecular weight excluding hydrogens is 252 g/mol. The molecule has 1 aromatic carbocycles. The van der Waals surface area contributed by atoms with Crippen molar-refractivity contribution in [2.75, 3.05) is 10.6 Å². The van der Waals surface area contributed by atoms with Gasteiger partial charge in [-0.05, 0) is 18.2 Å². The first-order chi connectivity index (χ1) is 9.19. The van der Waals surface area contributed by atoms with E-state index >= 15 is 0 Å². The van der Waals surface area contributed by atoms with Gasteiger partial charge >= 0.3 is 0 Å². The smallest absolute Gasteiger partial charge is 0.182 e. The van der Waals surface area contributed by atoms with E-state index in [1.165, 1.54) is 12.4 Å². The summed E-state index contributed by atoms with van der Waals surface area (Å²) >= 11 is 0. The van der Waals surface area contributed by atoms with Crippen molar-refractivity contribution < 1.29 is 8.78 Å². The highest BCUT2D eigenvalue weighted by Gasteiger charge is 2.04. The Morgan fingerprint density at radius 2 is 1.95 bits per heavy atom. The maximum atomic E-state index is 13.4. The van der Waals surface area contributed by atoms with Crippen LogP contribution >= 0.6 is 0 Å². The number of halogens is 2. The zero-order chi connectivity index (χ0) is 13.7. The van der Waals surface area contributed by atoms with E-state index < -0.39 is 11.6 Å². The summed E-state index contributed by atoms with van der Waals surface area (Å²) < 4.78 is 26.3. The average Bonchev–Trinajstić information content (AvgIpc) is 2.41. The second kappa shape index (κ2) is 5.73. The normalized spacial score (nSPS) is 9.74. The first-order valence-electron chi connectivity index (χ1n) is 5.34. The highest BCUT2D eigenvalue weighted by atomic mass is 19.1. The van der Waals surface area contributed by atoms with E-state index in [0.29, 0.717) is 11.6 Å². The molecule has 0 unspecified atom stereocenters. The average molecular weight is 261 g/mol. The fourth-order valence-electron chi connectivity index (χ4n) is 1.44. The molecule has 0 aliphatic carbocycles. The number of nitrogens with one attached hydrogen (secondary N) is 2. The Labute approximate surface area is 107 Å². The molecule has 0 saturated carbocycles. The largest absolute Gasteiger partial charge is 0.366 e.